The molecule has 0 aliphatic rings. The minimum absolute atomic E-state index is 0.256. The van der Waals surface area contributed by atoms with Gasteiger partial charge in [-0.1, -0.05) is 12.1 Å². The summed E-state index contributed by atoms with van der Waals surface area (Å²) in [7, 11) is 2.00. The number of aromatic nitrogens is 2. The molecule has 4 aromatic rings. The van der Waals surface area contributed by atoms with Gasteiger partial charge in [0.1, 0.15) is 5.82 Å². The van der Waals surface area contributed by atoms with Gasteiger partial charge in [0, 0.05) is 18.3 Å². The molecular formula is C19H14BrN3O2. The second-order valence-electron chi connectivity index (χ2n) is 5.62. The second kappa shape index (κ2) is 6.22. The number of carbonyl (C=O) groups is 1. The van der Waals surface area contributed by atoms with Gasteiger partial charge >= 0.3 is 0 Å². The van der Waals surface area contributed by atoms with Crippen LogP contribution >= 0.6 is 15.9 Å². The number of nitrogens with one attached hydrogen (secondary N) is 1. The number of hydrogen-bond donors (Lipinski definition) is 1. The summed E-state index contributed by atoms with van der Waals surface area (Å²) in [6, 6.07) is 18.9. The molecule has 6 heteroatoms. The Hall–Kier alpha value is -2.86. The number of nitrogens with zero attached hydrogens (tertiary/aromatic N) is 2. The van der Waals surface area contributed by atoms with Crippen LogP contribution in [0.25, 0.3) is 22.4 Å². The van der Waals surface area contributed by atoms with Gasteiger partial charge < -0.3 is 14.3 Å². The quantitative estimate of drug-likeness (QED) is 0.539. The zero-order valence-electron chi connectivity index (χ0n) is 13.4. The lowest BCUT2D eigenvalue weighted by molar-refractivity contribution is 0.0995. The van der Waals surface area contributed by atoms with Gasteiger partial charge in [-0.25, -0.2) is 4.98 Å². The van der Waals surface area contributed by atoms with Crippen molar-refractivity contribution in [1.29, 1.82) is 0 Å². The largest absolute Gasteiger partial charge is 0.444 e. The van der Waals surface area contributed by atoms with Crippen LogP contribution in [0.3, 0.4) is 0 Å². The van der Waals surface area contributed by atoms with E-state index < -0.39 is 0 Å². The normalized spacial score (nSPS) is 11.0. The summed E-state index contributed by atoms with van der Waals surface area (Å²) < 4.78 is 7.83. The molecular weight excluding hydrogens is 382 g/mol. The first kappa shape index (κ1) is 15.7. The van der Waals surface area contributed by atoms with Crippen LogP contribution in [0.1, 0.15) is 10.6 Å². The number of furan rings is 1. The molecule has 0 spiro atoms. The Kier molecular flexibility index (Phi) is 3.89. The summed E-state index contributed by atoms with van der Waals surface area (Å²) in [5, 5.41) is 2.81. The van der Waals surface area contributed by atoms with Gasteiger partial charge in [0.25, 0.3) is 5.91 Å². The summed E-state index contributed by atoms with van der Waals surface area (Å²) in [5.41, 5.74) is 3.72. The van der Waals surface area contributed by atoms with Crippen LogP contribution in [0.15, 0.2) is 69.8 Å². The molecule has 0 radical (unpaired) electrons. The number of carbonyl (C=O) groups excluding carboxylic acids is 1. The lowest BCUT2D eigenvalue weighted by Gasteiger charge is -2.06. The topological polar surface area (TPSA) is 60.1 Å². The fraction of sp³-hybridized carbons (Fsp3) is 0.0526. The maximum absolute atomic E-state index is 12.1. The van der Waals surface area contributed by atoms with Crippen LogP contribution in [0.5, 0.6) is 0 Å². The van der Waals surface area contributed by atoms with Crippen LogP contribution in [0, 0.1) is 0 Å². The van der Waals surface area contributed by atoms with Gasteiger partial charge in [0.15, 0.2) is 10.4 Å². The Balaban J connectivity index is 1.59. The fourth-order valence-electron chi connectivity index (χ4n) is 2.74. The smallest absolute Gasteiger partial charge is 0.291 e. The molecule has 0 saturated heterocycles. The molecule has 1 N–H and O–H groups in total. The first-order valence-electron chi connectivity index (χ1n) is 7.70. The van der Waals surface area contributed by atoms with Crippen molar-refractivity contribution in [1.82, 2.24) is 9.55 Å². The molecule has 0 fully saturated rings. The highest BCUT2D eigenvalue weighted by atomic mass is 79.9. The van der Waals surface area contributed by atoms with Gasteiger partial charge in [0.05, 0.1) is 11.0 Å². The lowest BCUT2D eigenvalue weighted by atomic mass is 10.2. The number of rotatable bonds is 3. The third-order valence-corrected chi connectivity index (χ3v) is 4.41. The van der Waals surface area contributed by atoms with Crippen LogP contribution in [-0.2, 0) is 7.05 Å². The lowest BCUT2D eigenvalue weighted by Crippen LogP contribution is -2.10. The molecule has 2 aromatic carbocycles. The number of anilines is 1. The zero-order valence-corrected chi connectivity index (χ0v) is 14.9. The summed E-state index contributed by atoms with van der Waals surface area (Å²) >= 11 is 3.19. The maximum atomic E-state index is 12.1. The number of hydrogen-bond acceptors (Lipinski definition) is 3. The Morgan fingerprint density at radius 3 is 2.52 bits per heavy atom. The molecule has 5 nitrogen and oxygen atoms in total. The van der Waals surface area contributed by atoms with E-state index in [2.05, 4.69) is 30.8 Å². The van der Waals surface area contributed by atoms with E-state index in [1.54, 1.807) is 12.1 Å². The van der Waals surface area contributed by atoms with Crippen molar-refractivity contribution in [2.45, 2.75) is 0 Å². The molecule has 0 aliphatic heterocycles. The predicted molar refractivity (Wildman–Crippen MR) is 101 cm³/mol. The van der Waals surface area contributed by atoms with Crippen molar-refractivity contribution in [3.05, 3.63) is 71.1 Å². The minimum atomic E-state index is -0.291. The van der Waals surface area contributed by atoms with Gasteiger partial charge in [0.2, 0.25) is 0 Å². The molecule has 2 aromatic heterocycles. The molecule has 4 rings (SSSR count). The monoisotopic (exact) mass is 395 g/mol. The highest BCUT2D eigenvalue weighted by molar-refractivity contribution is 9.10. The molecule has 1 amide bonds. The summed E-state index contributed by atoms with van der Waals surface area (Å²) in [6.45, 7) is 0. The van der Waals surface area contributed by atoms with E-state index in [-0.39, 0.29) is 11.7 Å². The number of fused-ring (bicyclic) bond motifs is 1. The van der Waals surface area contributed by atoms with E-state index in [9.17, 15) is 4.79 Å². The average Bonchev–Trinajstić information content (AvgIpc) is 3.20. The van der Waals surface area contributed by atoms with E-state index in [1.165, 1.54) is 0 Å². The van der Waals surface area contributed by atoms with Crippen LogP contribution < -0.4 is 5.32 Å². The third kappa shape index (κ3) is 2.96. The molecule has 0 bridgehead atoms. The number of aryl methyl sites for hydroxylation is 1. The van der Waals surface area contributed by atoms with E-state index in [0.717, 1.165) is 22.4 Å². The zero-order chi connectivity index (χ0) is 17.4. The highest BCUT2D eigenvalue weighted by Gasteiger charge is 2.12. The fourth-order valence-corrected chi connectivity index (χ4v) is 3.04. The number of imidazole rings is 1. The molecule has 124 valence electrons. The van der Waals surface area contributed by atoms with Crippen molar-refractivity contribution in [3.63, 3.8) is 0 Å². The van der Waals surface area contributed by atoms with Gasteiger partial charge in [-0.05, 0) is 64.5 Å². The summed E-state index contributed by atoms with van der Waals surface area (Å²) in [4.78, 5) is 16.8. The Labute approximate surface area is 152 Å². The van der Waals surface area contributed by atoms with E-state index >= 15 is 0 Å². The second-order valence-corrected chi connectivity index (χ2v) is 6.40. The van der Waals surface area contributed by atoms with Crippen molar-refractivity contribution in [2.75, 3.05) is 5.32 Å². The molecule has 0 saturated carbocycles. The van der Waals surface area contributed by atoms with E-state index in [4.69, 9.17) is 4.42 Å². The molecule has 25 heavy (non-hydrogen) atoms. The van der Waals surface area contributed by atoms with Crippen LogP contribution in [0.4, 0.5) is 5.69 Å². The standard InChI is InChI=1S/C19H14BrN3O2/c1-23-15-5-3-2-4-14(15)22-18(23)12-6-8-13(9-7-12)21-19(24)16-10-11-17(20)25-16/h2-11H,1H3,(H,21,24). The highest BCUT2D eigenvalue weighted by Crippen LogP contribution is 2.25. The molecule has 0 atom stereocenters. The van der Waals surface area contributed by atoms with Crippen molar-refractivity contribution in [2.24, 2.45) is 7.05 Å². The molecule has 2 heterocycles. The Bertz CT molecular complexity index is 1060. The Morgan fingerprint density at radius 1 is 1.08 bits per heavy atom. The van der Waals surface area contributed by atoms with Gasteiger partial charge in [-0.2, -0.15) is 0 Å². The number of amides is 1. The summed E-state index contributed by atoms with van der Waals surface area (Å²) in [6.07, 6.45) is 0. The van der Waals surface area contributed by atoms with Crippen LogP contribution in [-0.4, -0.2) is 15.5 Å². The van der Waals surface area contributed by atoms with Gasteiger partial charge in [-0.3, -0.25) is 4.79 Å². The third-order valence-electron chi connectivity index (χ3n) is 3.99. The van der Waals surface area contributed by atoms with Crippen molar-refractivity contribution < 1.29 is 9.21 Å². The van der Waals surface area contributed by atoms with Gasteiger partial charge in [-0.15, -0.1) is 0 Å². The number of halogens is 1. The predicted octanol–water partition coefficient (Wildman–Crippen LogP) is 4.85. The molecule has 0 aliphatic carbocycles. The SMILES string of the molecule is Cn1c(-c2ccc(NC(=O)c3ccc(Br)o3)cc2)nc2ccccc21. The van der Waals surface area contributed by atoms with E-state index in [0.29, 0.717) is 10.4 Å². The van der Waals surface area contributed by atoms with Crippen molar-refractivity contribution >= 4 is 38.6 Å². The molecule has 0 unspecified atom stereocenters. The Morgan fingerprint density at radius 2 is 1.84 bits per heavy atom. The number of benzene rings is 2. The first-order chi connectivity index (χ1) is 12.1. The average molecular weight is 396 g/mol. The van der Waals surface area contributed by atoms with Crippen molar-refractivity contribution in [3.8, 4) is 11.4 Å². The first-order valence-corrected chi connectivity index (χ1v) is 8.50. The van der Waals surface area contributed by atoms with Crippen LogP contribution in [0.2, 0.25) is 0 Å². The maximum Gasteiger partial charge on any atom is 0.291 e. The summed E-state index contributed by atoms with van der Waals surface area (Å²) in [5.74, 6) is 0.849. The number of para-hydroxylation sites is 2. The van der Waals surface area contributed by atoms with E-state index in [1.807, 2.05) is 55.6 Å². The minimum Gasteiger partial charge on any atom is -0.444 e.